The molecule has 2 amide bonds. The van der Waals surface area contributed by atoms with Gasteiger partial charge in [-0.05, 0) is 42.0 Å². The number of amides is 2. The Morgan fingerprint density at radius 3 is 2.27 bits per heavy atom. The normalized spacial score (nSPS) is 24.0. The molecule has 172 valence electrons. The van der Waals surface area contributed by atoms with Gasteiger partial charge in [0.25, 0.3) is 0 Å². The zero-order valence-electron chi connectivity index (χ0n) is 18.6. The van der Waals surface area contributed by atoms with Crippen molar-refractivity contribution >= 4 is 18.0 Å². The molecule has 2 unspecified atom stereocenters. The maximum absolute atomic E-state index is 13.1. The van der Waals surface area contributed by atoms with Gasteiger partial charge in [0.05, 0.1) is 11.3 Å². The van der Waals surface area contributed by atoms with Gasteiger partial charge in [0, 0.05) is 25.0 Å². The topological polar surface area (TPSA) is 95.9 Å². The first-order chi connectivity index (χ1) is 15.9. The number of likely N-dealkylation sites (tertiary alicyclic amines) is 1. The molecule has 5 rings (SSSR count). The summed E-state index contributed by atoms with van der Waals surface area (Å²) in [5.41, 5.74) is 3.90. The molecule has 2 aliphatic carbocycles. The number of rotatable bonds is 5. The zero-order chi connectivity index (χ0) is 23.2. The minimum atomic E-state index is -0.871. The highest BCUT2D eigenvalue weighted by Gasteiger charge is 2.50. The van der Waals surface area contributed by atoms with Crippen molar-refractivity contribution in [2.45, 2.75) is 38.1 Å². The first kappa shape index (κ1) is 21.5. The molecular weight excluding hydrogens is 420 g/mol. The van der Waals surface area contributed by atoms with E-state index in [-0.39, 0.29) is 37.6 Å². The van der Waals surface area contributed by atoms with E-state index in [2.05, 4.69) is 29.6 Å². The Morgan fingerprint density at radius 2 is 1.67 bits per heavy atom. The fourth-order valence-electron chi connectivity index (χ4n) is 5.60. The second kappa shape index (κ2) is 8.21. The third-order valence-corrected chi connectivity index (χ3v) is 7.60. The average molecular weight is 449 g/mol. The monoisotopic (exact) mass is 448 g/mol. The van der Waals surface area contributed by atoms with E-state index in [0.29, 0.717) is 12.8 Å². The quantitative estimate of drug-likeness (QED) is 0.728. The van der Waals surface area contributed by atoms with E-state index >= 15 is 0 Å². The van der Waals surface area contributed by atoms with E-state index < -0.39 is 23.4 Å². The van der Waals surface area contributed by atoms with E-state index in [1.807, 2.05) is 31.2 Å². The molecule has 0 aromatic heterocycles. The average Bonchev–Trinajstić information content (AvgIpc) is 3.29. The van der Waals surface area contributed by atoms with Gasteiger partial charge < -0.3 is 20.1 Å². The Morgan fingerprint density at radius 1 is 1.06 bits per heavy atom. The van der Waals surface area contributed by atoms with Crippen LogP contribution < -0.4 is 5.32 Å². The van der Waals surface area contributed by atoms with E-state index in [1.54, 1.807) is 4.90 Å². The smallest absolute Gasteiger partial charge is 0.407 e. The summed E-state index contributed by atoms with van der Waals surface area (Å²) in [6.45, 7) is 2.57. The van der Waals surface area contributed by atoms with Crippen LogP contribution in [0.1, 0.15) is 43.2 Å². The van der Waals surface area contributed by atoms with Crippen LogP contribution in [0.5, 0.6) is 0 Å². The molecule has 0 bridgehead atoms. The van der Waals surface area contributed by atoms with Gasteiger partial charge in [-0.1, -0.05) is 55.0 Å². The van der Waals surface area contributed by atoms with Crippen LogP contribution in [-0.2, 0) is 14.3 Å². The van der Waals surface area contributed by atoms with E-state index in [1.165, 1.54) is 11.1 Å². The molecule has 33 heavy (non-hydrogen) atoms. The number of hydrogen-bond acceptors (Lipinski definition) is 4. The Labute approximate surface area is 192 Å². The standard InChI is InChI=1S/C26H28N2O5/c1-26(24(31)28-13-16(14-28)23(29)30)12-6-11-22(26)27-25(32)33-15-21-19-9-4-2-7-17(19)18-8-3-5-10-20(18)21/h2-5,7-10,16,21-22H,6,11-15H2,1H3,(H,27,32)(H,29,30). The number of ether oxygens (including phenoxy) is 1. The van der Waals surface area contributed by atoms with Crippen LogP contribution in [0.3, 0.4) is 0 Å². The lowest BCUT2D eigenvalue weighted by atomic mass is 9.81. The Kier molecular flexibility index (Phi) is 5.35. The molecule has 7 nitrogen and oxygen atoms in total. The molecule has 7 heteroatoms. The molecule has 2 aromatic carbocycles. The number of fused-ring (bicyclic) bond motifs is 3. The van der Waals surface area contributed by atoms with Crippen LogP contribution in [0, 0.1) is 11.3 Å². The SMILES string of the molecule is CC1(C(=O)N2CC(C(=O)O)C2)CCCC1NC(=O)OCC1c2ccccc2-c2ccccc21. The number of carboxylic acids is 1. The molecule has 2 fully saturated rings. The second-order valence-electron chi connectivity index (χ2n) is 9.58. The zero-order valence-corrected chi connectivity index (χ0v) is 18.6. The number of carbonyl (C=O) groups is 3. The van der Waals surface area contributed by atoms with Crippen molar-refractivity contribution in [3.63, 3.8) is 0 Å². The minimum Gasteiger partial charge on any atom is -0.481 e. The predicted molar refractivity (Wildman–Crippen MR) is 122 cm³/mol. The fraction of sp³-hybridized carbons (Fsp3) is 0.423. The van der Waals surface area contributed by atoms with Gasteiger partial charge in [-0.2, -0.15) is 0 Å². The Hall–Kier alpha value is -3.35. The lowest BCUT2D eigenvalue weighted by Gasteiger charge is -2.43. The van der Waals surface area contributed by atoms with Crippen LogP contribution in [0.25, 0.3) is 11.1 Å². The highest BCUT2D eigenvalue weighted by atomic mass is 16.5. The highest BCUT2D eigenvalue weighted by molar-refractivity contribution is 5.87. The van der Waals surface area contributed by atoms with Crippen molar-refractivity contribution in [1.29, 1.82) is 0 Å². The van der Waals surface area contributed by atoms with Gasteiger partial charge in [-0.3, -0.25) is 9.59 Å². The minimum absolute atomic E-state index is 0.0196. The number of aliphatic carboxylic acids is 1. The number of alkyl carbamates (subject to hydrolysis) is 1. The molecule has 0 radical (unpaired) electrons. The molecule has 2 atom stereocenters. The van der Waals surface area contributed by atoms with Gasteiger partial charge in [-0.15, -0.1) is 0 Å². The summed E-state index contributed by atoms with van der Waals surface area (Å²) in [5, 5.41) is 12.0. The summed E-state index contributed by atoms with van der Waals surface area (Å²) in [4.78, 5) is 38.5. The van der Waals surface area contributed by atoms with E-state index in [4.69, 9.17) is 9.84 Å². The maximum atomic E-state index is 13.1. The van der Waals surface area contributed by atoms with Crippen LogP contribution in [-0.4, -0.2) is 53.7 Å². The molecule has 1 aliphatic heterocycles. The summed E-state index contributed by atoms with van der Waals surface area (Å²) < 4.78 is 5.67. The number of carboxylic acid groups (broad SMARTS) is 1. The predicted octanol–water partition coefficient (Wildman–Crippen LogP) is 3.63. The maximum Gasteiger partial charge on any atom is 0.407 e. The van der Waals surface area contributed by atoms with Crippen molar-refractivity contribution in [1.82, 2.24) is 10.2 Å². The van der Waals surface area contributed by atoms with Crippen molar-refractivity contribution in [2.24, 2.45) is 11.3 Å². The molecule has 3 aliphatic rings. The number of carbonyl (C=O) groups excluding carboxylic acids is 2. The lowest BCUT2D eigenvalue weighted by Crippen LogP contribution is -2.60. The number of nitrogens with one attached hydrogen (secondary N) is 1. The number of benzene rings is 2. The van der Waals surface area contributed by atoms with Crippen LogP contribution >= 0.6 is 0 Å². The lowest BCUT2D eigenvalue weighted by molar-refractivity contribution is -0.158. The third-order valence-electron chi connectivity index (χ3n) is 7.60. The first-order valence-electron chi connectivity index (χ1n) is 11.5. The van der Waals surface area contributed by atoms with Crippen molar-refractivity contribution in [3.8, 4) is 11.1 Å². The fourth-order valence-corrected chi connectivity index (χ4v) is 5.60. The van der Waals surface area contributed by atoms with Crippen LogP contribution in [0.4, 0.5) is 4.79 Å². The van der Waals surface area contributed by atoms with Crippen molar-refractivity contribution in [2.75, 3.05) is 19.7 Å². The summed E-state index contributed by atoms with van der Waals surface area (Å²) in [6, 6.07) is 16.0. The number of hydrogen-bond donors (Lipinski definition) is 2. The molecule has 1 saturated heterocycles. The second-order valence-corrected chi connectivity index (χ2v) is 9.58. The summed E-state index contributed by atoms with van der Waals surface area (Å²) >= 11 is 0. The van der Waals surface area contributed by atoms with Crippen LogP contribution in [0.2, 0.25) is 0 Å². The summed E-state index contributed by atoms with van der Waals surface area (Å²) in [7, 11) is 0. The van der Waals surface area contributed by atoms with Crippen molar-refractivity contribution < 1.29 is 24.2 Å². The highest BCUT2D eigenvalue weighted by Crippen LogP contribution is 2.45. The van der Waals surface area contributed by atoms with E-state index in [0.717, 1.165) is 17.5 Å². The van der Waals surface area contributed by atoms with Gasteiger partial charge in [0.15, 0.2) is 0 Å². The van der Waals surface area contributed by atoms with Gasteiger partial charge in [0.1, 0.15) is 6.61 Å². The van der Waals surface area contributed by atoms with Gasteiger partial charge in [-0.25, -0.2) is 4.79 Å². The molecule has 1 saturated carbocycles. The van der Waals surface area contributed by atoms with Gasteiger partial charge >= 0.3 is 12.1 Å². The Balaban J connectivity index is 1.23. The molecule has 2 aromatic rings. The van der Waals surface area contributed by atoms with Gasteiger partial charge in [0.2, 0.25) is 5.91 Å². The molecule has 2 N–H and O–H groups in total. The summed E-state index contributed by atoms with van der Waals surface area (Å²) in [5.74, 6) is -1.47. The number of nitrogens with zero attached hydrogens (tertiary/aromatic N) is 1. The summed E-state index contributed by atoms with van der Waals surface area (Å²) in [6.07, 6.45) is 1.67. The largest absolute Gasteiger partial charge is 0.481 e. The van der Waals surface area contributed by atoms with E-state index in [9.17, 15) is 14.4 Å². The Bertz CT molecular complexity index is 1060. The van der Waals surface area contributed by atoms with Crippen molar-refractivity contribution in [3.05, 3.63) is 59.7 Å². The third kappa shape index (κ3) is 3.65. The molecule has 1 heterocycles. The molecule has 0 spiro atoms. The van der Waals surface area contributed by atoms with Crippen LogP contribution in [0.15, 0.2) is 48.5 Å². The first-order valence-corrected chi connectivity index (χ1v) is 11.5. The molecular formula is C26H28N2O5.